The van der Waals surface area contributed by atoms with Crippen molar-refractivity contribution < 1.29 is 14.2 Å². The maximum Gasteiger partial charge on any atom is 0.146 e. The third kappa shape index (κ3) is 3.25. The van der Waals surface area contributed by atoms with Gasteiger partial charge in [0.1, 0.15) is 17.3 Å². The Morgan fingerprint density at radius 2 is 1.95 bits per heavy atom. The van der Waals surface area contributed by atoms with Gasteiger partial charge in [-0.3, -0.25) is 0 Å². The first kappa shape index (κ1) is 13.8. The van der Waals surface area contributed by atoms with Crippen molar-refractivity contribution in [3.8, 4) is 11.5 Å². The molecule has 0 aliphatic heterocycles. The van der Waals surface area contributed by atoms with Crippen LogP contribution < -0.4 is 4.74 Å². The summed E-state index contributed by atoms with van der Waals surface area (Å²) in [7, 11) is 0. The SMILES string of the molecule is Cc1cc(Oc2ccc([C@H](C)O)cc2Cl)ccc1F. The van der Waals surface area contributed by atoms with E-state index in [2.05, 4.69) is 0 Å². The molecule has 0 saturated carbocycles. The van der Waals surface area contributed by atoms with Crippen molar-refractivity contribution in [1.29, 1.82) is 0 Å². The number of ether oxygens (including phenoxy) is 1. The van der Waals surface area contributed by atoms with E-state index in [1.54, 1.807) is 44.2 Å². The summed E-state index contributed by atoms with van der Waals surface area (Å²) in [6.45, 7) is 3.33. The molecule has 4 heteroatoms. The molecule has 0 bridgehead atoms. The van der Waals surface area contributed by atoms with Gasteiger partial charge >= 0.3 is 0 Å². The summed E-state index contributed by atoms with van der Waals surface area (Å²) in [6, 6.07) is 9.57. The van der Waals surface area contributed by atoms with Crippen molar-refractivity contribution in [2.24, 2.45) is 0 Å². The van der Waals surface area contributed by atoms with Crippen LogP contribution in [-0.2, 0) is 0 Å². The largest absolute Gasteiger partial charge is 0.456 e. The van der Waals surface area contributed by atoms with Crippen molar-refractivity contribution in [1.82, 2.24) is 0 Å². The highest BCUT2D eigenvalue weighted by Crippen LogP contribution is 2.32. The van der Waals surface area contributed by atoms with E-state index in [1.807, 2.05) is 0 Å². The van der Waals surface area contributed by atoms with E-state index in [0.29, 0.717) is 27.6 Å². The van der Waals surface area contributed by atoms with Gasteiger partial charge < -0.3 is 9.84 Å². The molecular weight excluding hydrogens is 267 g/mol. The van der Waals surface area contributed by atoms with Crippen molar-refractivity contribution in [3.05, 3.63) is 58.4 Å². The number of benzene rings is 2. The molecule has 0 aromatic heterocycles. The molecule has 0 amide bonds. The van der Waals surface area contributed by atoms with Gasteiger partial charge in [-0.2, -0.15) is 0 Å². The first-order valence-electron chi connectivity index (χ1n) is 5.89. The summed E-state index contributed by atoms with van der Waals surface area (Å²) in [5, 5.41) is 9.86. The van der Waals surface area contributed by atoms with Crippen LogP contribution in [0.1, 0.15) is 24.2 Å². The molecule has 0 heterocycles. The molecule has 0 fully saturated rings. The second kappa shape index (κ2) is 5.59. The van der Waals surface area contributed by atoms with Gasteiger partial charge in [0.05, 0.1) is 11.1 Å². The average molecular weight is 281 g/mol. The molecule has 19 heavy (non-hydrogen) atoms. The number of rotatable bonds is 3. The number of hydrogen-bond donors (Lipinski definition) is 1. The van der Waals surface area contributed by atoms with E-state index in [0.717, 1.165) is 0 Å². The van der Waals surface area contributed by atoms with E-state index in [1.165, 1.54) is 6.07 Å². The predicted molar refractivity (Wildman–Crippen MR) is 73.3 cm³/mol. The molecule has 0 spiro atoms. The van der Waals surface area contributed by atoms with Crippen LogP contribution in [-0.4, -0.2) is 5.11 Å². The summed E-state index contributed by atoms with van der Waals surface area (Å²) in [5.41, 5.74) is 1.22. The Bertz CT molecular complexity index is 597. The number of hydrogen-bond acceptors (Lipinski definition) is 2. The first-order valence-corrected chi connectivity index (χ1v) is 6.26. The van der Waals surface area contributed by atoms with Crippen molar-refractivity contribution in [3.63, 3.8) is 0 Å². The zero-order valence-corrected chi connectivity index (χ0v) is 11.4. The molecule has 0 aliphatic rings. The molecule has 0 aliphatic carbocycles. The zero-order valence-electron chi connectivity index (χ0n) is 10.7. The molecule has 1 N–H and O–H groups in total. The Morgan fingerprint density at radius 1 is 1.21 bits per heavy atom. The maximum atomic E-state index is 13.1. The molecule has 0 radical (unpaired) electrons. The third-order valence-corrected chi connectivity index (χ3v) is 3.09. The van der Waals surface area contributed by atoms with Crippen molar-refractivity contribution >= 4 is 11.6 Å². The van der Waals surface area contributed by atoms with Crippen LogP contribution in [0.4, 0.5) is 4.39 Å². The van der Waals surface area contributed by atoms with Crippen LogP contribution in [0.3, 0.4) is 0 Å². The van der Waals surface area contributed by atoms with Gasteiger partial charge in [-0.1, -0.05) is 17.7 Å². The Labute approximate surface area is 116 Å². The first-order chi connectivity index (χ1) is 8.97. The lowest BCUT2D eigenvalue weighted by molar-refractivity contribution is 0.199. The van der Waals surface area contributed by atoms with E-state index in [-0.39, 0.29) is 5.82 Å². The second-order valence-corrected chi connectivity index (χ2v) is 4.79. The topological polar surface area (TPSA) is 29.5 Å². The van der Waals surface area contributed by atoms with Crippen LogP contribution >= 0.6 is 11.6 Å². The fourth-order valence-corrected chi connectivity index (χ4v) is 1.89. The van der Waals surface area contributed by atoms with E-state index >= 15 is 0 Å². The predicted octanol–water partition coefficient (Wildman–Crippen LogP) is 4.63. The third-order valence-electron chi connectivity index (χ3n) is 2.80. The Morgan fingerprint density at radius 3 is 2.53 bits per heavy atom. The smallest absolute Gasteiger partial charge is 0.146 e. The standard InChI is InChI=1S/C15H14ClFO2/c1-9-7-12(4-5-14(9)17)19-15-6-3-11(10(2)18)8-13(15)16/h3-8,10,18H,1-2H3/t10-/m0/s1. The van der Waals surface area contributed by atoms with Gasteiger partial charge in [0.15, 0.2) is 0 Å². The molecule has 100 valence electrons. The van der Waals surface area contributed by atoms with Gasteiger partial charge in [0, 0.05) is 0 Å². The van der Waals surface area contributed by atoms with E-state index < -0.39 is 6.10 Å². The summed E-state index contributed by atoms with van der Waals surface area (Å²) in [4.78, 5) is 0. The minimum atomic E-state index is -0.584. The lowest BCUT2D eigenvalue weighted by Gasteiger charge is -2.11. The molecule has 1 atom stereocenters. The lowest BCUT2D eigenvalue weighted by Crippen LogP contribution is -1.93. The molecule has 0 saturated heterocycles. The molecule has 2 rings (SSSR count). The average Bonchev–Trinajstić information content (AvgIpc) is 2.36. The normalized spacial score (nSPS) is 12.3. The quantitative estimate of drug-likeness (QED) is 0.888. The second-order valence-electron chi connectivity index (χ2n) is 4.38. The fourth-order valence-electron chi connectivity index (χ4n) is 1.67. The Hall–Kier alpha value is -1.58. The lowest BCUT2D eigenvalue weighted by atomic mass is 10.1. The number of aliphatic hydroxyl groups is 1. The van der Waals surface area contributed by atoms with E-state index in [9.17, 15) is 9.50 Å². The minimum absolute atomic E-state index is 0.275. The van der Waals surface area contributed by atoms with Crippen LogP contribution in [0.25, 0.3) is 0 Å². The van der Waals surface area contributed by atoms with Crippen LogP contribution in [0, 0.1) is 12.7 Å². The van der Waals surface area contributed by atoms with Crippen molar-refractivity contribution in [2.75, 3.05) is 0 Å². The summed E-state index contributed by atoms with van der Waals surface area (Å²) in [6.07, 6.45) is -0.584. The fraction of sp³-hybridized carbons (Fsp3) is 0.200. The molecule has 2 aromatic carbocycles. The summed E-state index contributed by atoms with van der Waals surface area (Å²) in [5.74, 6) is 0.713. The van der Waals surface area contributed by atoms with Crippen molar-refractivity contribution in [2.45, 2.75) is 20.0 Å². The molecule has 0 unspecified atom stereocenters. The van der Waals surface area contributed by atoms with Crippen LogP contribution in [0.2, 0.25) is 5.02 Å². The van der Waals surface area contributed by atoms with Gasteiger partial charge in [0.25, 0.3) is 0 Å². The van der Waals surface area contributed by atoms with Gasteiger partial charge in [0.2, 0.25) is 0 Å². The zero-order chi connectivity index (χ0) is 14.0. The molecule has 2 aromatic rings. The number of aliphatic hydroxyl groups excluding tert-OH is 1. The molecule has 2 nitrogen and oxygen atoms in total. The van der Waals surface area contributed by atoms with E-state index in [4.69, 9.17) is 16.3 Å². The minimum Gasteiger partial charge on any atom is -0.456 e. The Balaban J connectivity index is 2.25. The number of halogens is 2. The summed E-state index contributed by atoms with van der Waals surface area (Å²) < 4.78 is 18.7. The maximum absolute atomic E-state index is 13.1. The van der Waals surface area contributed by atoms with Crippen LogP contribution in [0.5, 0.6) is 11.5 Å². The number of aryl methyl sites for hydroxylation is 1. The highest BCUT2D eigenvalue weighted by atomic mass is 35.5. The van der Waals surface area contributed by atoms with Gasteiger partial charge in [-0.05, 0) is 55.3 Å². The molecular formula is C15H14ClFO2. The monoisotopic (exact) mass is 280 g/mol. The highest BCUT2D eigenvalue weighted by molar-refractivity contribution is 6.32. The van der Waals surface area contributed by atoms with Gasteiger partial charge in [-0.15, -0.1) is 0 Å². The summed E-state index contributed by atoms with van der Waals surface area (Å²) >= 11 is 6.08. The van der Waals surface area contributed by atoms with Gasteiger partial charge in [-0.25, -0.2) is 4.39 Å². The Kier molecular flexibility index (Phi) is 4.08. The highest BCUT2D eigenvalue weighted by Gasteiger charge is 2.08. The van der Waals surface area contributed by atoms with Crippen LogP contribution in [0.15, 0.2) is 36.4 Å².